The number of rotatable bonds is 2. The highest BCUT2D eigenvalue weighted by Crippen LogP contribution is 2.24. The molecule has 0 radical (unpaired) electrons. The first-order valence-electron chi connectivity index (χ1n) is 5.84. The number of anilines is 1. The molecule has 1 aromatic carbocycles. The van der Waals surface area contributed by atoms with Gasteiger partial charge in [-0.1, -0.05) is 11.2 Å². The summed E-state index contributed by atoms with van der Waals surface area (Å²) in [5, 5.41) is 3.95. The molecule has 2 heterocycles. The van der Waals surface area contributed by atoms with Crippen LogP contribution in [0.5, 0.6) is 0 Å². The van der Waals surface area contributed by atoms with Gasteiger partial charge in [-0.05, 0) is 36.8 Å². The summed E-state index contributed by atoms with van der Waals surface area (Å²) in [6.07, 6.45) is 3.39. The Labute approximate surface area is 110 Å². The lowest BCUT2D eigenvalue weighted by Crippen LogP contribution is -1.90. The van der Waals surface area contributed by atoms with Crippen molar-refractivity contribution in [2.75, 3.05) is 5.73 Å². The molecule has 0 fully saturated rings. The second kappa shape index (κ2) is 4.53. The van der Waals surface area contributed by atoms with Gasteiger partial charge in [-0.2, -0.15) is 4.98 Å². The van der Waals surface area contributed by atoms with Crippen molar-refractivity contribution < 1.29 is 4.52 Å². The Morgan fingerprint density at radius 3 is 2.79 bits per heavy atom. The van der Waals surface area contributed by atoms with Gasteiger partial charge in [0.05, 0.1) is 0 Å². The van der Waals surface area contributed by atoms with Crippen LogP contribution in [0.15, 0.2) is 47.2 Å². The maximum atomic E-state index is 5.88. The van der Waals surface area contributed by atoms with Crippen LogP contribution in [0.2, 0.25) is 0 Å². The second-order valence-corrected chi connectivity index (χ2v) is 4.24. The lowest BCUT2D eigenvalue weighted by Gasteiger charge is -2.00. The van der Waals surface area contributed by atoms with Crippen LogP contribution >= 0.6 is 0 Å². The van der Waals surface area contributed by atoms with Crippen LogP contribution in [0, 0.1) is 6.92 Å². The van der Waals surface area contributed by atoms with Gasteiger partial charge in [-0.3, -0.25) is 4.98 Å². The van der Waals surface area contributed by atoms with Crippen molar-refractivity contribution in [1.29, 1.82) is 0 Å². The highest BCUT2D eigenvalue weighted by atomic mass is 16.5. The van der Waals surface area contributed by atoms with E-state index in [1.807, 2.05) is 37.3 Å². The molecule has 5 nitrogen and oxygen atoms in total. The maximum Gasteiger partial charge on any atom is 0.258 e. The molecule has 0 aliphatic carbocycles. The van der Waals surface area contributed by atoms with Gasteiger partial charge in [0.15, 0.2) is 0 Å². The molecule has 0 saturated heterocycles. The Morgan fingerprint density at radius 2 is 2.05 bits per heavy atom. The summed E-state index contributed by atoms with van der Waals surface area (Å²) in [7, 11) is 0. The molecule has 2 aromatic heterocycles. The van der Waals surface area contributed by atoms with E-state index in [-0.39, 0.29) is 0 Å². The minimum Gasteiger partial charge on any atom is -0.398 e. The van der Waals surface area contributed by atoms with E-state index >= 15 is 0 Å². The van der Waals surface area contributed by atoms with Crippen molar-refractivity contribution in [3.8, 4) is 22.8 Å². The molecule has 0 saturated carbocycles. The first-order valence-corrected chi connectivity index (χ1v) is 5.84. The number of nitrogen functional groups attached to an aromatic ring is 1. The average molecular weight is 252 g/mol. The van der Waals surface area contributed by atoms with Crippen molar-refractivity contribution in [3.05, 3.63) is 48.3 Å². The predicted molar refractivity (Wildman–Crippen MR) is 72.1 cm³/mol. The van der Waals surface area contributed by atoms with E-state index in [1.165, 1.54) is 0 Å². The Hall–Kier alpha value is -2.69. The predicted octanol–water partition coefficient (Wildman–Crippen LogP) is 2.69. The third-order valence-electron chi connectivity index (χ3n) is 2.87. The molecule has 0 aliphatic rings. The topological polar surface area (TPSA) is 77.8 Å². The van der Waals surface area contributed by atoms with Crippen molar-refractivity contribution >= 4 is 5.69 Å². The Bertz CT molecular complexity index is 706. The van der Waals surface area contributed by atoms with Crippen LogP contribution in [0.1, 0.15) is 5.56 Å². The zero-order valence-electron chi connectivity index (χ0n) is 10.4. The zero-order valence-corrected chi connectivity index (χ0v) is 10.4. The van der Waals surface area contributed by atoms with E-state index in [2.05, 4.69) is 15.1 Å². The minimum absolute atomic E-state index is 0.450. The first-order chi connectivity index (χ1) is 9.24. The van der Waals surface area contributed by atoms with Crippen molar-refractivity contribution in [2.45, 2.75) is 6.92 Å². The standard InChI is InChI=1S/C14H12N4O/c1-9-4-5-10(7-12(9)15)14-17-13(18-19-14)11-3-2-6-16-8-11/h2-8H,15H2,1H3. The number of pyridine rings is 1. The van der Waals surface area contributed by atoms with Gasteiger partial charge in [-0.25, -0.2) is 0 Å². The lowest BCUT2D eigenvalue weighted by molar-refractivity contribution is 0.432. The molecule has 3 rings (SSSR count). The van der Waals surface area contributed by atoms with Crippen molar-refractivity contribution in [3.63, 3.8) is 0 Å². The quantitative estimate of drug-likeness (QED) is 0.709. The molecule has 0 aliphatic heterocycles. The maximum absolute atomic E-state index is 5.88. The van der Waals surface area contributed by atoms with Gasteiger partial charge in [0.25, 0.3) is 5.89 Å². The first kappa shape index (κ1) is 11.4. The molecule has 19 heavy (non-hydrogen) atoms. The third kappa shape index (κ3) is 2.18. The summed E-state index contributed by atoms with van der Waals surface area (Å²) in [6, 6.07) is 9.38. The second-order valence-electron chi connectivity index (χ2n) is 4.24. The van der Waals surface area contributed by atoms with E-state index in [4.69, 9.17) is 10.3 Å². The van der Waals surface area contributed by atoms with Gasteiger partial charge in [0.1, 0.15) is 0 Å². The summed E-state index contributed by atoms with van der Waals surface area (Å²) >= 11 is 0. The monoisotopic (exact) mass is 252 g/mol. The molecule has 0 spiro atoms. The largest absolute Gasteiger partial charge is 0.398 e. The normalized spacial score (nSPS) is 10.6. The van der Waals surface area contributed by atoms with E-state index in [1.54, 1.807) is 12.4 Å². The highest BCUT2D eigenvalue weighted by molar-refractivity contribution is 5.64. The fourth-order valence-electron chi connectivity index (χ4n) is 1.73. The number of aryl methyl sites for hydroxylation is 1. The van der Waals surface area contributed by atoms with E-state index < -0.39 is 0 Å². The fourth-order valence-corrected chi connectivity index (χ4v) is 1.73. The zero-order chi connectivity index (χ0) is 13.2. The van der Waals surface area contributed by atoms with Crippen LogP contribution < -0.4 is 5.73 Å². The molecular weight excluding hydrogens is 240 g/mol. The van der Waals surface area contributed by atoms with E-state index in [9.17, 15) is 0 Å². The van der Waals surface area contributed by atoms with Gasteiger partial charge in [0.2, 0.25) is 5.82 Å². The molecular formula is C14H12N4O. The minimum atomic E-state index is 0.450. The number of hydrogen-bond donors (Lipinski definition) is 1. The van der Waals surface area contributed by atoms with Crippen LogP contribution in [-0.2, 0) is 0 Å². The number of nitrogens with zero attached hydrogens (tertiary/aromatic N) is 3. The SMILES string of the molecule is Cc1ccc(-c2nc(-c3cccnc3)no2)cc1N. The average Bonchev–Trinajstić information content (AvgIpc) is 2.93. The number of benzene rings is 1. The number of aromatic nitrogens is 3. The molecule has 0 amide bonds. The molecule has 0 atom stereocenters. The van der Waals surface area contributed by atoms with Crippen molar-refractivity contribution in [2.24, 2.45) is 0 Å². The van der Waals surface area contributed by atoms with Gasteiger partial charge >= 0.3 is 0 Å². The summed E-state index contributed by atoms with van der Waals surface area (Å²) in [5.41, 5.74) is 9.24. The number of hydrogen-bond acceptors (Lipinski definition) is 5. The molecule has 3 aromatic rings. The van der Waals surface area contributed by atoms with Crippen LogP contribution in [0.3, 0.4) is 0 Å². The van der Waals surface area contributed by atoms with E-state index in [0.29, 0.717) is 17.4 Å². The molecule has 94 valence electrons. The molecule has 0 unspecified atom stereocenters. The number of nitrogens with two attached hydrogens (primary N) is 1. The Kier molecular flexibility index (Phi) is 2.72. The summed E-state index contributed by atoms with van der Waals surface area (Å²) in [5.74, 6) is 0.966. The Morgan fingerprint density at radius 1 is 1.16 bits per heavy atom. The smallest absolute Gasteiger partial charge is 0.258 e. The van der Waals surface area contributed by atoms with Crippen LogP contribution in [0.25, 0.3) is 22.8 Å². The van der Waals surface area contributed by atoms with Gasteiger partial charge in [0, 0.05) is 29.2 Å². The Balaban J connectivity index is 1.99. The summed E-state index contributed by atoms with van der Waals surface area (Å²) < 4.78 is 5.26. The molecule has 2 N–H and O–H groups in total. The molecule has 0 bridgehead atoms. The van der Waals surface area contributed by atoms with Gasteiger partial charge in [-0.15, -0.1) is 0 Å². The summed E-state index contributed by atoms with van der Waals surface area (Å²) in [6.45, 7) is 1.95. The van der Waals surface area contributed by atoms with E-state index in [0.717, 1.165) is 16.7 Å². The molecule has 5 heteroatoms. The fraction of sp³-hybridized carbons (Fsp3) is 0.0714. The third-order valence-corrected chi connectivity index (χ3v) is 2.87. The lowest BCUT2D eigenvalue weighted by atomic mass is 10.1. The van der Waals surface area contributed by atoms with Crippen molar-refractivity contribution in [1.82, 2.24) is 15.1 Å². The highest BCUT2D eigenvalue weighted by Gasteiger charge is 2.11. The van der Waals surface area contributed by atoms with Crippen LogP contribution in [0.4, 0.5) is 5.69 Å². The van der Waals surface area contributed by atoms with Gasteiger partial charge < -0.3 is 10.3 Å². The van der Waals surface area contributed by atoms with Crippen LogP contribution in [-0.4, -0.2) is 15.1 Å². The summed E-state index contributed by atoms with van der Waals surface area (Å²) in [4.78, 5) is 8.38.